The van der Waals surface area contributed by atoms with Crippen LogP contribution in [0.2, 0.25) is 0 Å². The molecule has 0 radical (unpaired) electrons. The van der Waals surface area contributed by atoms with Crippen molar-refractivity contribution in [3.8, 4) is 17.0 Å². The second-order valence-corrected chi connectivity index (χ2v) is 3.74. The van der Waals surface area contributed by atoms with Gasteiger partial charge < -0.3 is 9.84 Å². The number of methoxy groups -OCH3 is 1. The Bertz CT molecular complexity index is 512. The van der Waals surface area contributed by atoms with Gasteiger partial charge in [0.1, 0.15) is 5.75 Å². The van der Waals surface area contributed by atoms with E-state index in [4.69, 9.17) is 4.74 Å². The van der Waals surface area contributed by atoms with E-state index >= 15 is 0 Å². The van der Waals surface area contributed by atoms with Crippen LogP contribution in [-0.4, -0.2) is 22.2 Å². The molecule has 0 saturated carbocycles. The van der Waals surface area contributed by atoms with Crippen LogP contribution in [0.1, 0.15) is 11.3 Å². The predicted octanol–water partition coefficient (Wildman–Crippen LogP) is 2.30. The van der Waals surface area contributed by atoms with Gasteiger partial charge in [-0.1, -0.05) is 6.07 Å². The molecule has 4 nitrogen and oxygen atoms in total. The number of rotatable bonds is 3. The van der Waals surface area contributed by atoms with Gasteiger partial charge in [-0.15, -0.1) is 0 Å². The minimum atomic E-state index is 0.165. The Kier molecular flexibility index (Phi) is 3.35. The number of hydrogen-bond donors (Lipinski definition) is 1. The van der Waals surface area contributed by atoms with E-state index in [9.17, 15) is 5.11 Å². The summed E-state index contributed by atoms with van der Waals surface area (Å²) in [6, 6.07) is 5.58. The molecule has 2 heterocycles. The highest BCUT2D eigenvalue weighted by atomic mass is 16.5. The van der Waals surface area contributed by atoms with Gasteiger partial charge in [-0.3, -0.25) is 9.97 Å². The molecule has 0 spiro atoms. The molecule has 88 valence electrons. The molecule has 0 aliphatic heterocycles. The third-order valence-electron chi connectivity index (χ3n) is 2.54. The van der Waals surface area contributed by atoms with Crippen LogP contribution in [0, 0.1) is 6.92 Å². The Morgan fingerprint density at radius 1 is 1.29 bits per heavy atom. The molecule has 0 saturated heterocycles. The zero-order valence-electron chi connectivity index (χ0n) is 9.84. The number of nitrogens with zero attached hydrogens (tertiary/aromatic N) is 2. The van der Waals surface area contributed by atoms with E-state index in [-0.39, 0.29) is 5.75 Å². The monoisotopic (exact) mass is 230 g/mol. The summed E-state index contributed by atoms with van der Waals surface area (Å²) < 4.78 is 5.11. The van der Waals surface area contributed by atoms with Crippen molar-refractivity contribution < 1.29 is 9.84 Å². The number of ether oxygens (including phenoxy) is 1. The summed E-state index contributed by atoms with van der Waals surface area (Å²) in [5, 5.41) is 10.1. The van der Waals surface area contributed by atoms with E-state index in [0.717, 1.165) is 11.3 Å². The lowest BCUT2D eigenvalue weighted by molar-refractivity contribution is 0.184. The first-order chi connectivity index (χ1) is 8.24. The molecule has 0 fully saturated rings. The highest BCUT2D eigenvalue weighted by Gasteiger charge is 2.14. The predicted molar refractivity (Wildman–Crippen MR) is 64.6 cm³/mol. The molecule has 0 amide bonds. The summed E-state index contributed by atoms with van der Waals surface area (Å²) in [5.74, 6) is 0.165. The van der Waals surface area contributed by atoms with Crippen molar-refractivity contribution in [3.63, 3.8) is 0 Å². The van der Waals surface area contributed by atoms with E-state index < -0.39 is 0 Å². The Morgan fingerprint density at radius 3 is 2.76 bits per heavy atom. The fourth-order valence-corrected chi connectivity index (χ4v) is 1.69. The second kappa shape index (κ2) is 4.93. The molecule has 0 aliphatic carbocycles. The van der Waals surface area contributed by atoms with Crippen molar-refractivity contribution in [2.75, 3.05) is 7.11 Å². The van der Waals surface area contributed by atoms with Crippen LogP contribution in [-0.2, 0) is 11.3 Å². The number of aromatic hydroxyl groups is 1. The second-order valence-electron chi connectivity index (χ2n) is 3.74. The number of aryl methyl sites for hydroxylation is 1. The lowest BCUT2D eigenvalue weighted by Crippen LogP contribution is -1.97. The van der Waals surface area contributed by atoms with E-state index in [0.29, 0.717) is 17.9 Å². The van der Waals surface area contributed by atoms with Crippen molar-refractivity contribution in [1.82, 2.24) is 9.97 Å². The normalized spacial score (nSPS) is 10.5. The van der Waals surface area contributed by atoms with Gasteiger partial charge in [0.05, 0.1) is 23.6 Å². The third-order valence-corrected chi connectivity index (χ3v) is 2.54. The van der Waals surface area contributed by atoms with E-state index in [1.165, 1.54) is 0 Å². The zero-order chi connectivity index (χ0) is 12.3. The molecule has 2 aromatic heterocycles. The van der Waals surface area contributed by atoms with E-state index in [1.54, 1.807) is 26.4 Å². The van der Waals surface area contributed by atoms with Crippen molar-refractivity contribution in [1.29, 1.82) is 0 Å². The maximum atomic E-state index is 10.1. The van der Waals surface area contributed by atoms with Crippen molar-refractivity contribution in [3.05, 3.63) is 41.9 Å². The smallest absolute Gasteiger partial charge is 0.146 e. The molecular weight excluding hydrogens is 216 g/mol. The van der Waals surface area contributed by atoms with Crippen molar-refractivity contribution in [2.24, 2.45) is 0 Å². The molecule has 0 aromatic carbocycles. The Morgan fingerprint density at radius 2 is 2.12 bits per heavy atom. The molecule has 1 N–H and O–H groups in total. The highest BCUT2D eigenvalue weighted by molar-refractivity contribution is 5.71. The minimum Gasteiger partial charge on any atom is -0.505 e. The van der Waals surface area contributed by atoms with E-state index in [2.05, 4.69) is 9.97 Å². The molecule has 4 heteroatoms. The Hall–Kier alpha value is -1.94. The standard InChI is InChI=1S/C13H14N2O2/c1-9-13(16)12(10(7-15-9)8-17-2)11-5-3-4-6-14-11/h3-7,16H,8H2,1-2H3. The topological polar surface area (TPSA) is 55.2 Å². The summed E-state index contributed by atoms with van der Waals surface area (Å²) in [5.41, 5.74) is 2.84. The fraction of sp³-hybridized carbons (Fsp3) is 0.231. The molecule has 0 unspecified atom stereocenters. The molecule has 0 bridgehead atoms. The van der Waals surface area contributed by atoms with Gasteiger partial charge in [-0.05, 0) is 19.1 Å². The van der Waals surface area contributed by atoms with Gasteiger partial charge in [-0.2, -0.15) is 0 Å². The maximum absolute atomic E-state index is 10.1. The average Bonchev–Trinajstić information content (AvgIpc) is 2.36. The van der Waals surface area contributed by atoms with Crippen LogP contribution in [0.5, 0.6) is 5.75 Å². The summed E-state index contributed by atoms with van der Waals surface area (Å²) in [6.45, 7) is 2.16. The molecule has 2 aromatic rings. The third kappa shape index (κ3) is 2.26. The van der Waals surface area contributed by atoms with E-state index in [1.807, 2.05) is 18.2 Å². The quantitative estimate of drug-likeness (QED) is 0.879. The Balaban J connectivity index is 2.61. The number of pyridine rings is 2. The van der Waals surface area contributed by atoms with Crippen LogP contribution in [0.4, 0.5) is 0 Å². The Labute approximate surface area is 99.9 Å². The van der Waals surface area contributed by atoms with Crippen molar-refractivity contribution >= 4 is 0 Å². The van der Waals surface area contributed by atoms with Crippen LogP contribution in [0.15, 0.2) is 30.6 Å². The summed E-state index contributed by atoms with van der Waals surface area (Å²) >= 11 is 0. The fourth-order valence-electron chi connectivity index (χ4n) is 1.69. The minimum absolute atomic E-state index is 0.165. The molecule has 2 rings (SSSR count). The first kappa shape index (κ1) is 11.5. The molecule has 0 atom stereocenters. The zero-order valence-corrected chi connectivity index (χ0v) is 9.84. The van der Waals surface area contributed by atoms with Crippen LogP contribution < -0.4 is 0 Å². The van der Waals surface area contributed by atoms with Gasteiger partial charge >= 0.3 is 0 Å². The SMILES string of the molecule is COCc1cnc(C)c(O)c1-c1ccccn1. The van der Waals surface area contributed by atoms with Gasteiger partial charge in [0.15, 0.2) is 0 Å². The molecular formula is C13H14N2O2. The summed E-state index contributed by atoms with van der Waals surface area (Å²) in [7, 11) is 1.61. The van der Waals surface area contributed by atoms with Crippen molar-refractivity contribution in [2.45, 2.75) is 13.5 Å². The first-order valence-corrected chi connectivity index (χ1v) is 5.32. The van der Waals surface area contributed by atoms with Gasteiger partial charge in [0, 0.05) is 25.1 Å². The van der Waals surface area contributed by atoms with Crippen LogP contribution >= 0.6 is 0 Å². The largest absolute Gasteiger partial charge is 0.505 e. The molecule has 17 heavy (non-hydrogen) atoms. The van der Waals surface area contributed by atoms with Gasteiger partial charge in [0.25, 0.3) is 0 Å². The summed E-state index contributed by atoms with van der Waals surface area (Å²) in [4.78, 5) is 8.38. The van der Waals surface area contributed by atoms with Gasteiger partial charge in [-0.25, -0.2) is 0 Å². The first-order valence-electron chi connectivity index (χ1n) is 5.32. The lowest BCUT2D eigenvalue weighted by Gasteiger charge is -2.11. The number of aromatic nitrogens is 2. The lowest BCUT2D eigenvalue weighted by atomic mass is 10.0. The van der Waals surface area contributed by atoms with Crippen LogP contribution in [0.3, 0.4) is 0 Å². The number of hydrogen-bond acceptors (Lipinski definition) is 4. The average molecular weight is 230 g/mol. The molecule has 0 aliphatic rings. The van der Waals surface area contributed by atoms with Gasteiger partial charge in [0.2, 0.25) is 0 Å². The highest BCUT2D eigenvalue weighted by Crippen LogP contribution is 2.32. The van der Waals surface area contributed by atoms with Crippen LogP contribution in [0.25, 0.3) is 11.3 Å². The summed E-state index contributed by atoms with van der Waals surface area (Å²) in [6.07, 6.45) is 3.41. The maximum Gasteiger partial charge on any atom is 0.146 e.